The van der Waals surface area contributed by atoms with Crippen LogP contribution in [-0.2, 0) is 28.7 Å². The number of hydrogen-bond acceptors (Lipinski definition) is 9. The summed E-state index contributed by atoms with van der Waals surface area (Å²) < 4.78 is 8.99. The molecule has 3 unspecified atom stereocenters. The van der Waals surface area contributed by atoms with E-state index in [-0.39, 0.29) is 60.1 Å². The molecule has 0 aromatic heterocycles. The SMILES string of the molecule is CCC(C)[O-].CCC(C)[O-].CCC(C)[O-].CCOC(=O)CC(C)=O.CCOC(=O)CC(C)=O.[Al+3]. The molecule has 34 heavy (non-hydrogen) atoms. The predicted octanol–water partition coefficient (Wildman–Crippen LogP) is 1.11. The van der Waals surface area contributed by atoms with Gasteiger partial charge in [-0.15, -0.1) is 18.3 Å². The van der Waals surface area contributed by atoms with Crippen LogP contribution in [-0.4, -0.2) is 72.4 Å². The molecule has 0 bridgehead atoms. The molecule has 0 saturated carbocycles. The summed E-state index contributed by atoms with van der Waals surface area (Å²) in [6, 6.07) is 0. The fourth-order valence-corrected chi connectivity index (χ4v) is 0.831. The summed E-state index contributed by atoms with van der Waals surface area (Å²) in [6.07, 6.45) is 0.946. The van der Waals surface area contributed by atoms with Crippen LogP contribution in [0.1, 0.15) is 101 Å². The zero-order chi connectivity index (χ0) is 27.4. The third-order valence-corrected chi connectivity index (χ3v) is 3.12. The third kappa shape index (κ3) is 77.4. The van der Waals surface area contributed by atoms with Gasteiger partial charge in [-0.05, 0) is 27.7 Å². The van der Waals surface area contributed by atoms with Crippen molar-refractivity contribution in [2.75, 3.05) is 13.2 Å². The second-order valence-electron chi connectivity index (χ2n) is 7.02. The molecule has 0 aromatic rings. The van der Waals surface area contributed by atoms with Crippen LogP contribution in [0.4, 0.5) is 0 Å². The Balaban J connectivity index is -0.0000000738. The van der Waals surface area contributed by atoms with Crippen LogP contribution >= 0.6 is 0 Å². The van der Waals surface area contributed by atoms with E-state index in [0.29, 0.717) is 13.2 Å². The standard InChI is InChI=1S/2C6H10O3.3C4H9O.Al/c2*1-3-9-6(8)4-5(2)7;3*1-3-4(2)5;/h2*3-4H2,1-2H3;3*4H,3H2,1-2H3;/q;;3*-1;+3. The maximum Gasteiger partial charge on any atom is 3.00 e. The van der Waals surface area contributed by atoms with Crippen LogP contribution in [0.3, 0.4) is 0 Å². The summed E-state index contributed by atoms with van der Waals surface area (Å²) in [5.41, 5.74) is 0. The minimum Gasteiger partial charge on any atom is -0.852 e. The van der Waals surface area contributed by atoms with E-state index < -0.39 is 11.9 Å². The number of rotatable bonds is 9. The van der Waals surface area contributed by atoms with Gasteiger partial charge in [-0.3, -0.25) is 19.2 Å². The molecule has 0 aromatic carbocycles. The van der Waals surface area contributed by atoms with E-state index in [1.165, 1.54) is 13.8 Å². The van der Waals surface area contributed by atoms with Gasteiger partial charge in [-0.1, -0.05) is 60.8 Å². The maximum absolute atomic E-state index is 10.4. The molecule has 200 valence electrons. The van der Waals surface area contributed by atoms with Gasteiger partial charge in [-0.2, -0.15) is 0 Å². The second-order valence-corrected chi connectivity index (χ2v) is 7.02. The van der Waals surface area contributed by atoms with Gasteiger partial charge in [-0.25, -0.2) is 0 Å². The van der Waals surface area contributed by atoms with Crippen LogP contribution in [0.5, 0.6) is 0 Å². The summed E-state index contributed by atoms with van der Waals surface area (Å²) in [5.74, 6) is -1.20. The zero-order valence-corrected chi connectivity index (χ0v) is 24.1. The Morgan fingerprint density at radius 2 is 0.765 bits per heavy atom. The van der Waals surface area contributed by atoms with Gasteiger partial charge in [0.15, 0.2) is 0 Å². The third-order valence-electron chi connectivity index (χ3n) is 3.12. The molecule has 0 aliphatic heterocycles. The number of carbonyl (C=O) groups is 4. The van der Waals surface area contributed by atoms with E-state index in [2.05, 4.69) is 9.47 Å². The fraction of sp³-hybridized carbons (Fsp3) is 0.833. The maximum atomic E-state index is 10.4. The van der Waals surface area contributed by atoms with Crippen molar-refractivity contribution in [3.63, 3.8) is 0 Å². The summed E-state index contributed by atoms with van der Waals surface area (Å²) in [6.45, 7) is 17.5. The van der Waals surface area contributed by atoms with E-state index >= 15 is 0 Å². The topological polar surface area (TPSA) is 156 Å². The molecule has 0 spiro atoms. The zero-order valence-electron chi connectivity index (χ0n) is 22.9. The molecule has 0 radical (unpaired) electrons. The first kappa shape index (κ1) is 46.1. The van der Waals surface area contributed by atoms with Crippen molar-refractivity contribution in [1.29, 1.82) is 0 Å². The predicted molar refractivity (Wildman–Crippen MR) is 129 cm³/mol. The van der Waals surface area contributed by atoms with E-state index in [4.69, 9.17) is 0 Å². The molecule has 0 heterocycles. The van der Waals surface area contributed by atoms with Crippen molar-refractivity contribution in [3.05, 3.63) is 0 Å². The van der Waals surface area contributed by atoms with Crippen molar-refractivity contribution in [2.45, 2.75) is 120 Å². The number of ketones is 2. The Hall–Kier alpha value is -1.31. The van der Waals surface area contributed by atoms with Gasteiger partial charge in [0.25, 0.3) is 0 Å². The van der Waals surface area contributed by atoms with Crippen LogP contribution in [0.15, 0.2) is 0 Å². The molecule has 9 nitrogen and oxygen atoms in total. The molecular formula is C24H47AlO9. The molecular weight excluding hydrogens is 459 g/mol. The van der Waals surface area contributed by atoms with Crippen molar-refractivity contribution < 1.29 is 44.0 Å². The Labute approximate surface area is 217 Å². The minimum atomic E-state index is -0.440. The largest absolute Gasteiger partial charge is 3.00 e. The first-order chi connectivity index (χ1) is 15.1. The average molecular weight is 507 g/mol. The van der Waals surface area contributed by atoms with Gasteiger partial charge < -0.3 is 24.8 Å². The van der Waals surface area contributed by atoms with E-state index in [1.54, 1.807) is 34.6 Å². The number of ether oxygens (including phenoxy) is 2. The molecule has 0 amide bonds. The van der Waals surface area contributed by atoms with Crippen LogP contribution in [0, 0.1) is 0 Å². The van der Waals surface area contributed by atoms with Gasteiger partial charge in [0, 0.05) is 0 Å². The Morgan fingerprint density at radius 1 is 0.588 bits per heavy atom. The molecule has 0 N–H and O–H groups in total. The van der Waals surface area contributed by atoms with Crippen molar-refractivity contribution in [3.8, 4) is 0 Å². The average Bonchev–Trinajstić information content (AvgIpc) is 2.69. The summed E-state index contributed by atoms with van der Waals surface area (Å²) in [4.78, 5) is 41.3. The Morgan fingerprint density at radius 3 is 0.853 bits per heavy atom. The van der Waals surface area contributed by atoms with Gasteiger partial charge in [0.1, 0.15) is 24.4 Å². The summed E-state index contributed by atoms with van der Waals surface area (Å²) in [7, 11) is 0. The first-order valence-electron chi connectivity index (χ1n) is 11.4. The molecule has 3 atom stereocenters. The Bertz CT molecular complexity index is 416. The molecule has 0 rings (SSSR count). The van der Waals surface area contributed by atoms with Crippen molar-refractivity contribution >= 4 is 40.9 Å². The van der Waals surface area contributed by atoms with Gasteiger partial charge in [0.2, 0.25) is 0 Å². The van der Waals surface area contributed by atoms with Crippen LogP contribution in [0.2, 0.25) is 0 Å². The number of carbonyl (C=O) groups excluding carboxylic acids is 4. The van der Waals surface area contributed by atoms with Crippen LogP contribution in [0.25, 0.3) is 0 Å². The Kier molecular flexibility index (Phi) is 49.2. The van der Waals surface area contributed by atoms with Crippen LogP contribution < -0.4 is 15.3 Å². The van der Waals surface area contributed by atoms with Gasteiger partial charge >= 0.3 is 29.3 Å². The number of Topliss-reactive ketones (excluding diaryl/α,β-unsaturated/α-hetero) is 2. The fourth-order valence-electron chi connectivity index (χ4n) is 0.831. The summed E-state index contributed by atoms with van der Waals surface area (Å²) >= 11 is 0. The van der Waals surface area contributed by atoms with E-state index in [9.17, 15) is 34.5 Å². The van der Waals surface area contributed by atoms with E-state index in [1.807, 2.05) is 20.8 Å². The number of esters is 2. The van der Waals surface area contributed by atoms with Crippen molar-refractivity contribution in [2.24, 2.45) is 0 Å². The number of hydrogen-bond donors (Lipinski definition) is 0. The second kappa shape index (κ2) is 36.3. The normalized spacial score (nSPS) is 11.2. The molecule has 0 aliphatic rings. The molecule has 0 fully saturated rings. The summed E-state index contributed by atoms with van der Waals surface area (Å²) in [5, 5.41) is 29.7. The van der Waals surface area contributed by atoms with E-state index in [0.717, 1.165) is 19.3 Å². The molecule has 0 saturated heterocycles. The monoisotopic (exact) mass is 506 g/mol. The van der Waals surface area contributed by atoms with Gasteiger partial charge in [0.05, 0.1) is 13.2 Å². The quantitative estimate of drug-likeness (QED) is 0.254. The van der Waals surface area contributed by atoms with Crippen molar-refractivity contribution in [1.82, 2.24) is 0 Å². The minimum absolute atomic E-state index is 0. The molecule has 10 heteroatoms. The molecule has 0 aliphatic carbocycles. The smallest absolute Gasteiger partial charge is 0.852 e. The first-order valence-corrected chi connectivity index (χ1v) is 11.4.